The van der Waals surface area contributed by atoms with Crippen molar-refractivity contribution in [1.82, 2.24) is 19.6 Å². The number of unbranched alkanes of at least 4 members (excludes halogenated alkanes) is 2. The van der Waals surface area contributed by atoms with Crippen LogP contribution in [0.3, 0.4) is 0 Å². The summed E-state index contributed by atoms with van der Waals surface area (Å²) >= 11 is 5.90. The average molecular weight is 225 g/mol. The highest BCUT2D eigenvalue weighted by molar-refractivity contribution is 6.32. The third-order valence-electron chi connectivity index (χ3n) is 2.36. The Kier molecular flexibility index (Phi) is 3.16. The molecule has 0 saturated heterocycles. The molecule has 0 unspecified atom stereocenters. The van der Waals surface area contributed by atoms with Crippen LogP contribution >= 0.6 is 11.6 Å². The van der Waals surface area contributed by atoms with Gasteiger partial charge in [0.25, 0.3) is 0 Å². The lowest BCUT2D eigenvalue weighted by Gasteiger charge is -1.98. The standard InChI is InChI=1S/C10H13ClN4/c1-2-3-4-5-8-13-14-10-9(11)12-6-7-15(8)10/h6-7H,2-5H2,1H3. The zero-order valence-electron chi connectivity index (χ0n) is 8.65. The Hall–Kier alpha value is -1.16. The van der Waals surface area contributed by atoms with Crippen molar-refractivity contribution in [3.63, 3.8) is 0 Å². The summed E-state index contributed by atoms with van der Waals surface area (Å²) in [4.78, 5) is 3.96. The predicted octanol–water partition coefficient (Wildman–Crippen LogP) is 2.51. The maximum Gasteiger partial charge on any atom is 0.198 e. The first kappa shape index (κ1) is 10.4. The molecular formula is C10H13ClN4. The Bertz CT molecular complexity index is 452. The second-order valence-corrected chi connectivity index (χ2v) is 3.84. The molecule has 2 aromatic rings. The van der Waals surface area contributed by atoms with Crippen molar-refractivity contribution in [2.45, 2.75) is 32.6 Å². The Morgan fingerprint density at radius 1 is 1.33 bits per heavy atom. The molecular weight excluding hydrogens is 212 g/mol. The van der Waals surface area contributed by atoms with E-state index < -0.39 is 0 Å². The molecule has 0 bridgehead atoms. The molecule has 0 fully saturated rings. The van der Waals surface area contributed by atoms with Gasteiger partial charge < -0.3 is 0 Å². The second-order valence-electron chi connectivity index (χ2n) is 3.48. The quantitative estimate of drug-likeness (QED) is 0.750. The highest BCUT2D eigenvalue weighted by Crippen LogP contribution is 2.13. The average Bonchev–Trinajstić information content (AvgIpc) is 2.64. The van der Waals surface area contributed by atoms with Gasteiger partial charge in [0.2, 0.25) is 0 Å². The fourth-order valence-corrected chi connectivity index (χ4v) is 1.73. The molecule has 2 heterocycles. The van der Waals surface area contributed by atoms with E-state index in [9.17, 15) is 0 Å². The van der Waals surface area contributed by atoms with E-state index in [1.807, 2.05) is 10.6 Å². The number of nitrogens with zero attached hydrogens (tertiary/aromatic N) is 4. The second kappa shape index (κ2) is 4.57. The molecule has 0 radical (unpaired) electrons. The minimum atomic E-state index is 0.409. The first-order valence-corrected chi connectivity index (χ1v) is 5.55. The Balaban J connectivity index is 2.25. The first-order valence-electron chi connectivity index (χ1n) is 5.17. The van der Waals surface area contributed by atoms with Gasteiger partial charge in [-0.3, -0.25) is 4.40 Å². The van der Waals surface area contributed by atoms with Crippen molar-refractivity contribution < 1.29 is 0 Å². The van der Waals surface area contributed by atoms with Crippen molar-refractivity contribution >= 4 is 17.2 Å². The van der Waals surface area contributed by atoms with E-state index in [2.05, 4.69) is 22.1 Å². The van der Waals surface area contributed by atoms with Crippen molar-refractivity contribution in [2.24, 2.45) is 0 Å². The molecule has 2 rings (SSSR count). The molecule has 0 N–H and O–H groups in total. The minimum Gasteiger partial charge on any atom is -0.282 e. The molecule has 0 aliphatic heterocycles. The fourth-order valence-electron chi connectivity index (χ4n) is 1.55. The van der Waals surface area contributed by atoms with Crippen molar-refractivity contribution in [1.29, 1.82) is 0 Å². The van der Waals surface area contributed by atoms with Gasteiger partial charge in [-0.05, 0) is 6.42 Å². The lowest BCUT2D eigenvalue weighted by Crippen LogP contribution is -1.95. The van der Waals surface area contributed by atoms with Crippen LogP contribution in [0.4, 0.5) is 0 Å². The third-order valence-corrected chi connectivity index (χ3v) is 2.63. The number of aromatic nitrogens is 4. The SMILES string of the molecule is CCCCCc1nnc2c(Cl)nccn12. The van der Waals surface area contributed by atoms with Gasteiger partial charge in [-0.15, -0.1) is 10.2 Å². The van der Waals surface area contributed by atoms with Crippen LogP contribution in [0.5, 0.6) is 0 Å². The molecule has 80 valence electrons. The number of hydrogen-bond acceptors (Lipinski definition) is 3. The Morgan fingerprint density at radius 3 is 3.00 bits per heavy atom. The molecule has 0 aliphatic carbocycles. The van der Waals surface area contributed by atoms with Gasteiger partial charge in [0.15, 0.2) is 10.8 Å². The lowest BCUT2D eigenvalue weighted by molar-refractivity contribution is 0.688. The van der Waals surface area contributed by atoms with E-state index in [1.54, 1.807) is 6.20 Å². The normalized spacial score (nSPS) is 11.1. The summed E-state index contributed by atoms with van der Waals surface area (Å²) < 4.78 is 1.91. The largest absolute Gasteiger partial charge is 0.282 e. The number of rotatable bonds is 4. The van der Waals surface area contributed by atoms with Gasteiger partial charge in [-0.1, -0.05) is 31.4 Å². The van der Waals surface area contributed by atoms with E-state index >= 15 is 0 Å². The van der Waals surface area contributed by atoms with Gasteiger partial charge in [-0.25, -0.2) is 4.98 Å². The molecule has 4 nitrogen and oxygen atoms in total. The number of hydrogen-bond donors (Lipinski definition) is 0. The maximum absolute atomic E-state index is 5.90. The van der Waals surface area contributed by atoms with E-state index in [4.69, 9.17) is 11.6 Å². The van der Waals surface area contributed by atoms with Crippen LogP contribution < -0.4 is 0 Å². The molecule has 2 aromatic heterocycles. The van der Waals surface area contributed by atoms with E-state index in [0.29, 0.717) is 10.8 Å². The van der Waals surface area contributed by atoms with Gasteiger partial charge >= 0.3 is 0 Å². The Labute approximate surface area is 93.3 Å². The predicted molar refractivity (Wildman–Crippen MR) is 59.0 cm³/mol. The van der Waals surface area contributed by atoms with E-state index in [1.165, 1.54) is 12.8 Å². The molecule has 0 spiro atoms. The minimum absolute atomic E-state index is 0.409. The summed E-state index contributed by atoms with van der Waals surface area (Å²) in [5, 5.41) is 8.54. The number of aryl methyl sites for hydroxylation is 1. The molecule has 0 aromatic carbocycles. The van der Waals surface area contributed by atoms with Gasteiger partial charge in [0, 0.05) is 18.8 Å². The first-order chi connectivity index (χ1) is 7.33. The topological polar surface area (TPSA) is 43.1 Å². The van der Waals surface area contributed by atoms with Crippen LogP contribution in [0, 0.1) is 0 Å². The molecule has 0 amide bonds. The van der Waals surface area contributed by atoms with Gasteiger partial charge in [0.05, 0.1) is 0 Å². The molecule has 15 heavy (non-hydrogen) atoms. The summed E-state index contributed by atoms with van der Waals surface area (Å²) in [6.07, 6.45) is 8.02. The highest BCUT2D eigenvalue weighted by atomic mass is 35.5. The number of fused-ring (bicyclic) bond motifs is 1. The van der Waals surface area contributed by atoms with Crippen molar-refractivity contribution in [3.05, 3.63) is 23.4 Å². The summed E-state index contributed by atoms with van der Waals surface area (Å²) in [5.74, 6) is 0.961. The molecule has 0 saturated carbocycles. The molecule has 0 atom stereocenters. The zero-order valence-corrected chi connectivity index (χ0v) is 9.41. The van der Waals surface area contributed by atoms with Crippen LogP contribution in [-0.2, 0) is 6.42 Å². The van der Waals surface area contributed by atoms with Crippen molar-refractivity contribution in [3.8, 4) is 0 Å². The molecule has 5 heteroatoms. The highest BCUT2D eigenvalue weighted by Gasteiger charge is 2.07. The molecule has 0 aliphatic rings. The summed E-state index contributed by atoms with van der Waals surface area (Å²) in [5.41, 5.74) is 0.644. The van der Waals surface area contributed by atoms with Gasteiger partial charge in [-0.2, -0.15) is 0 Å². The summed E-state index contributed by atoms with van der Waals surface area (Å²) in [6.45, 7) is 2.18. The zero-order chi connectivity index (χ0) is 10.7. The summed E-state index contributed by atoms with van der Waals surface area (Å²) in [7, 11) is 0. The number of halogens is 1. The van der Waals surface area contributed by atoms with E-state index in [0.717, 1.165) is 18.7 Å². The third kappa shape index (κ3) is 2.09. The maximum atomic E-state index is 5.90. The monoisotopic (exact) mass is 224 g/mol. The lowest BCUT2D eigenvalue weighted by atomic mass is 10.2. The smallest absolute Gasteiger partial charge is 0.198 e. The van der Waals surface area contributed by atoms with E-state index in [-0.39, 0.29) is 0 Å². The van der Waals surface area contributed by atoms with Crippen LogP contribution in [0.2, 0.25) is 5.15 Å². The van der Waals surface area contributed by atoms with Crippen LogP contribution in [0.1, 0.15) is 32.0 Å². The Morgan fingerprint density at radius 2 is 2.20 bits per heavy atom. The summed E-state index contributed by atoms with van der Waals surface area (Å²) in [6, 6.07) is 0. The van der Waals surface area contributed by atoms with Crippen LogP contribution in [-0.4, -0.2) is 19.6 Å². The van der Waals surface area contributed by atoms with Crippen LogP contribution in [0.25, 0.3) is 5.65 Å². The van der Waals surface area contributed by atoms with Crippen molar-refractivity contribution in [2.75, 3.05) is 0 Å². The van der Waals surface area contributed by atoms with Gasteiger partial charge in [0.1, 0.15) is 5.82 Å². The van der Waals surface area contributed by atoms with Crippen LogP contribution in [0.15, 0.2) is 12.4 Å². The fraction of sp³-hybridized carbons (Fsp3) is 0.500.